The molecule has 13 aromatic rings. The first kappa shape index (κ1) is 33.5. The highest BCUT2D eigenvalue weighted by atomic mass is 16.4. The van der Waals surface area contributed by atoms with Gasteiger partial charge in [0.15, 0.2) is 23.1 Å². The van der Waals surface area contributed by atoms with E-state index in [0.29, 0.717) is 28.9 Å². The van der Waals surface area contributed by atoms with Gasteiger partial charge in [-0.15, -0.1) is 0 Å². The number of hydrogen-bond acceptors (Lipinski definition) is 7. The number of oxazole rings is 1. The third-order valence-electron chi connectivity index (χ3n) is 11.8. The highest BCUT2D eigenvalue weighted by Crippen LogP contribution is 2.42. The van der Waals surface area contributed by atoms with E-state index >= 15 is 0 Å². The van der Waals surface area contributed by atoms with Crippen LogP contribution in [0.5, 0.6) is 0 Å². The molecule has 284 valence electrons. The second-order valence-electron chi connectivity index (χ2n) is 15.4. The van der Waals surface area contributed by atoms with E-state index < -0.39 is 0 Å². The first-order valence-corrected chi connectivity index (χ1v) is 20.2. The van der Waals surface area contributed by atoms with E-state index in [-0.39, 0.29) is 0 Å². The van der Waals surface area contributed by atoms with Gasteiger partial charge < -0.3 is 13.3 Å². The topological polar surface area (TPSA) is 91.0 Å². The first-order valence-electron chi connectivity index (χ1n) is 20.2. The lowest BCUT2D eigenvalue weighted by molar-refractivity contribution is 0.622. The summed E-state index contributed by atoms with van der Waals surface area (Å²) < 4.78 is 19.3. The number of para-hydroxylation sites is 1. The number of aromatic nitrogens is 4. The van der Waals surface area contributed by atoms with Crippen molar-refractivity contribution in [3.8, 4) is 56.7 Å². The number of hydrogen-bond donors (Lipinski definition) is 0. The molecule has 0 radical (unpaired) electrons. The summed E-state index contributed by atoms with van der Waals surface area (Å²) in [5.41, 5.74) is 10.3. The van der Waals surface area contributed by atoms with Crippen molar-refractivity contribution < 1.29 is 13.3 Å². The second kappa shape index (κ2) is 13.0. The van der Waals surface area contributed by atoms with Crippen molar-refractivity contribution in [2.24, 2.45) is 0 Å². The highest BCUT2D eigenvalue weighted by Gasteiger charge is 2.20. The van der Waals surface area contributed by atoms with E-state index in [9.17, 15) is 0 Å². The molecule has 0 fully saturated rings. The van der Waals surface area contributed by atoms with Crippen molar-refractivity contribution in [2.75, 3.05) is 0 Å². The number of benzene rings is 9. The van der Waals surface area contributed by atoms with Crippen LogP contribution in [-0.2, 0) is 0 Å². The van der Waals surface area contributed by atoms with Crippen LogP contribution in [0.4, 0.5) is 0 Å². The molecule has 0 amide bonds. The van der Waals surface area contributed by atoms with Gasteiger partial charge in [0.05, 0.1) is 5.39 Å². The molecule has 61 heavy (non-hydrogen) atoms. The predicted molar refractivity (Wildman–Crippen MR) is 244 cm³/mol. The molecule has 0 N–H and O–H groups in total. The standard InChI is InChI=1S/C54H30N4O3/c1-2-11-33(12-3-1)54-55-43-25-27-46-49(50(43)61-54)48-42-29-37(21-20-32(42)23-26-45(48)60-46)52-56-51(57-53(58-52)41-18-9-13-31-10-4-5-16-38(31)41)36-15-8-14-34(28-36)35-22-24-40-39-17-6-7-19-44(39)59-47(40)30-35/h1-30H. The summed E-state index contributed by atoms with van der Waals surface area (Å²) in [6, 6.07) is 61.9. The minimum atomic E-state index is 0.560. The fraction of sp³-hybridized carbons (Fsp3) is 0. The molecule has 0 saturated heterocycles. The molecule has 7 heteroatoms. The Morgan fingerprint density at radius 2 is 0.934 bits per heavy atom. The van der Waals surface area contributed by atoms with Crippen molar-refractivity contribution in [3.63, 3.8) is 0 Å². The third kappa shape index (κ3) is 5.38. The van der Waals surface area contributed by atoms with E-state index in [1.807, 2.05) is 66.7 Å². The predicted octanol–water partition coefficient (Wildman–Crippen LogP) is 14.5. The quantitative estimate of drug-likeness (QED) is 0.172. The number of fused-ring (bicyclic) bond motifs is 11. The van der Waals surface area contributed by atoms with Crippen LogP contribution in [0.2, 0.25) is 0 Å². The molecule has 0 bridgehead atoms. The van der Waals surface area contributed by atoms with Crippen molar-refractivity contribution in [1.82, 2.24) is 19.9 Å². The van der Waals surface area contributed by atoms with Gasteiger partial charge in [-0.3, -0.25) is 0 Å². The van der Waals surface area contributed by atoms with Gasteiger partial charge in [0, 0.05) is 38.4 Å². The summed E-state index contributed by atoms with van der Waals surface area (Å²) in [5, 5.41) is 8.26. The zero-order chi connectivity index (χ0) is 40.0. The average molecular weight is 783 g/mol. The molecule has 0 aliphatic rings. The lowest BCUT2D eigenvalue weighted by Crippen LogP contribution is -2.00. The van der Waals surface area contributed by atoms with Crippen LogP contribution in [0.15, 0.2) is 195 Å². The maximum Gasteiger partial charge on any atom is 0.227 e. The molecule has 13 rings (SSSR count). The maximum atomic E-state index is 6.53. The van der Waals surface area contributed by atoms with E-state index in [0.717, 1.165) is 104 Å². The molecule has 9 aromatic carbocycles. The van der Waals surface area contributed by atoms with Gasteiger partial charge in [0.25, 0.3) is 0 Å². The Bertz CT molecular complexity index is 3890. The molecule has 0 aliphatic carbocycles. The van der Waals surface area contributed by atoms with E-state index in [4.69, 9.17) is 33.2 Å². The van der Waals surface area contributed by atoms with Crippen LogP contribution < -0.4 is 0 Å². The largest absolute Gasteiger partial charge is 0.456 e. The Balaban J connectivity index is 1.00. The van der Waals surface area contributed by atoms with Crippen LogP contribution in [0, 0.1) is 0 Å². The monoisotopic (exact) mass is 782 g/mol. The average Bonchev–Trinajstić information content (AvgIpc) is 4.05. The molecular weight excluding hydrogens is 753 g/mol. The van der Waals surface area contributed by atoms with E-state index in [2.05, 4.69) is 115 Å². The lowest BCUT2D eigenvalue weighted by atomic mass is 10.00. The molecule has 7 nitrogen and oxygen atoms in total. The molecule has 0 aliphatic heterocycles. The molecule has 0 saturated carbocycles. The zero-order valence-electron chi connectivity index (χ0n) is 32.3. The van der Waals surface area contributed by atoms with Crippen LogP contribution in [-0.4, -0.2) is 19.9 Å². The van der Waals surface area contributed by atoms with Crippen LogP contribution in [0.25, 0.3) is 133 Å². The van der Waals surface area contributed by atoms with Gasteiger partial charge in [-0.05, 0) is 93.3 Å². The molecule has 0 atom stereocenters. The van der Waals surface area contributed by atoms with Crippen molar-refractivity contribution >= 4 is 76.5 Å². The van der Waals surface area contributed by atoms with Crippen LogP contribution in [0.1, 0.15) is 0 Å². The van der Waals surface area contributed by atoms with E-state index in [1.54, 1.807) is 0 Å². The summed E-state index contributed by atoms with van der Waals surface area (Å²) >= 11 is 0. The van der Waals surface area contributed by atoms with Crippen LogP contribution >= 0.6 is 0 Å². The Kier molecular flexibility index (Phi) is 7.17. The fourth-order valence-electron chi connectivity index (χ4n) is 8.82. The summed E-state index contributed by atoms with van der Waals surface area (Å²) in [5.74, 6) is 2.29. The zero-order valence-corrected chi connectivity index (χ0v) is 32.3. The number of rotatable bonds is 5. The van der Waals surface area contributed by atoms with Crippen molar-refractivity contribution in [1.29, 1.82) is 0 Å². The van der Waals surface area contributed by atoms with Gasteiger partial charge >= 0.3 is 0 Å². The first-order chi connectivity index (χ1) is 30.2. The van der Waals surface area contributed by atoms with Gasteiger partial charge in [-0.1, -0.05) is 121 Å². The third-order valence-corrected chi connectivity index (χ3v) is 11.8. The fourth-order valence-corrected chi connectivity index (χ4v) is 8.82. The van der Waals surface area contributed by atoms with Crippen molar-refractivity contribution in [3.05, 3.63) is 182 Å². The summed E-state index contributed by atoms with van der Waals surface area (Å²) in [7, 11) is 0. The summed E-state index contributed by atoms with van der Waals surface area (Å²) in [6.07, 6.45) is 0. The minimum Gasteiger partial charge on any atom is -0.456 e. The molecule has 0 unspecified atom stereocenters. The maximum absolute atomic E-state index is 6.53. The van der Waals surface area contributed by atoms with Crippen molar-refractivity contribution in [2.45, 2.75) is 0 Å². The Hall–Kier alpha value is -8.42. The van der Waals surface area contributed by atoms with Gasteiger partial charge in [0.2, 0.25) is 5.89 Å². The van der Waals surface area contributed by atoms with Gasteiger partial charge in [0.1, 0.15) is 27.8 Å². The number of nitrogens with zero attached hydrogens (tertiary/aromatic N) is 4. The van der Waals surface area contributed by atoms with E-state index in [1.165, 1.54) is 0 Å². The number of furan rings is 2. The molecule has 4 heterocycles. The Morgan fingerprint density at radius 1 is 0.311 bits per heavy atom. The van der Waals surface area contributed by atoms with Gasteiger partial charge in [-0.2, -0.15) is 0 Å². The Morgan fingerprint density at radius 3 is 1.85 bits per heavy atom. The molecular formula is C54H30N4O3. The molecule has 0 spiro atoms. The smallest absolute Gasteiger partial charge is 0.227 e. The second-order valence-corrected chi connectivity index (χ2v) is 15.4. The molecule has 4 aromatic heterocycles. The lowest BCUT2D eigenvalue weighted by Gasteiger charge is -2.12. The highest BCUT2D eigenvalue weighted by molar-refractivity contribution is 6.25. The van der Waals surface area contributed by atoms with Crippen LogP contribution in [0.3, 0.4) is 0 Å². The summed E-state index contributed by atoms with van der Waals surface area (Å²) in [4.78, 5) is 20.5. The normalized spacial score (nSPS) is 11.9. The SMILES string of the molecule is c1ccc(-c2nc3ccc4oc5ccc6ccc(-c7nc(-c8cccc(-c9ccc%10c(c9)oc9ccccc9%10)c8)nc(-c8cccc9ccccc89)n7)cc6c5c4c3o2)cc1. The minimum absolute atomic E-state index is 0.560. The Labute approximate surface area is 347 Å². The van der Waals surface area contributed by atoms with Gasteiger partial charge in [-0.25, -0.2) is 19.9 Å². The summed E-state index contributed by atoms with van der Waals surface area (Å²) in [6.45, 7) is 0.